The molecule has 0 amide bonds. The fraction of sp³-hybridized carbons (Fsp3) is 0.125. The Kier molecular flexibility index (Phi) is 3.48. The van der Waals surface area contributed by atoms with Crippen molar-refractivity contribution in [1.29, 1.82) is 0 Å². The van der Waals surface area contributed by atoms with Gasteiger partial charge in [0.15, 0.2) is 0 Å². The van der Waals surface area contributed by atoms with Crippen molar-refractivity contribution in [2.45, 2.75) is 12.3 Å². The van der Waals surface area contributed by atoms with Crippen molar-refractivity contribution in [1.82, 2.24) is 0 Å². The van der Waals surface area contributed by atoms with Gasteiger partial charge in [0.2, 0.25) is 0 Å². The second-order valence-electron chi connectivity index (χ2n) is 4.67. The van der Waals surface area contributed by atoms with E-state index >= 15 is 0 Å². The molecule has 0 aliphatic carbocycles. The summed E-state index contributed by atoms with van der Waals surface area (Å²) in [4.78, 5) is 0. The fourth-order valence-corrected chi connectivity index (χ4v) is 3.65. The molecule has 0 aliphatic heterocycles. The first-order valence-electron chi connectivity index (χ1n) is 6.13. The van der Waals surface area contributed by atoms with Crippen LogP contribution in [0.2, 0.25) is 0 Å². The Morgan fingerprint density at radius 2 is 1.80 bits per heavy atom. The van der Waals surface area contributed by atoms with Gasteiger partial charge in [-0.05, 0) is 40.9 Å². The smallest absolute Gasteiger partial charge is 0.131 e. The van der Waals surface area contributed by atoms with Crippen LogP contribution in [0.3, 0.4) is 0 Å². The quantitative estimate of drug-likeness (QED) is 0.524. The van der Waals surface area contributed by atoms with Crippen LogP contribution in [0, 0.1) is 18.6 Å². The summed E-state index contributed by atoms with van der Waals surface area (Å²) in [6.45, 7) is 1.60. The van der Waals surface area contributed by atoms with E-state index in [0.717, 1.165) is 21.7 Å². The lowest BCUT2D eigenvalue weighted by molar-refractivity contribution is 0.568. The molecule has 2 aromatic carbocycles. The number of fused-ring (bicyclic) bond motifs is 1. The van der Waals surface area contributed by atoms with Crippen molar-refractivity contribution in [2.75, 3.05) is 0 Å². The van der Waals surface area contributed by atoms with Gasteiger partial charge in [0.25, 0.3) is 0 Å². The van der Waals surface area contributed by atoms with Crippen LogP contribution < -0.4 is 0 Å². The predicted octanol–water partition coefficient (Wildman–Crippen LogP) is 5.82. The molecule has 3 aromatic rings. The van der Waals surface area contributed by atoms with Crippen LogP contribution >= 0.6 is 22.9 Å². The van der Waals surface area contributed by atoms with Gasteiger partial charge in [-0.15, -0.1) is 22.9 Å². The number of hydrogen-bond acceptors (Lipinski definition) is 1. The monoisotopic (exact) mass is 308 g/mol. The second-order valence-corrected chi connectivity index (χ2v) is 6.02. The first-order valence-corrected chi connectivity index (χ1v) is 7.45. The summed E-state index contributed by atoms with van der Waals surface area (Å²) < 4.78 is 28.4. The summed E-state index contributed by atoms with van der Waals surface area (Å²) in [7, 11) is 0. The number of rotatable bonds is 2. The van der Waals surface area contributed by atoms with Gasteiger partial charge >= 0.3 is 0 Å². The number of halogens is 3. The van der Waals surface area contributed by atoms with Crippen molar-refractivity contribution in [3.05, 3.63) is 70.1 Å². The normalized spacial score (nSPS) is 12.8. The molecule has 0 saturated carbocycles. The van der Waals surface area contributed by atoms with Gasteiger partial charge in [0.1, 0.15) is 11.6 Å². The number of thiophene rings is 1. The molecule has 4 heteroatoms. The molecule has 1 atom stereocenters. The van der Waals surface area contributed by atoms with Crippen molar-refractivity contribution in [2.24, 2.45) is 0 Å². The van der Waals surface area contributed by atoms with E-state index in [0.29, 0.717) is 11.1 Å². The summed E-state index contributed by atoms with van der Waals surface area (Å²) in [6, 6.07) is 10.2. The van der Waals surface area contributed by atoms with Crippen molar-refractivity contribution in [3.63, 3.8) is 0 Å². The molecule has 1 heterocycles. The van der Waals surface area contributed by atoms with E-state index in [9.17, 15) is 8.78 Å². The van der Waals surface area contributed by atoms with Gasteiger partial charge < -0.3 is 0 Å². The second kappa shape index (κ2) is 5.15. The number of alkyl halides is 1. The Morgan fingerprint density at radius 3 is 2.60 bits per heavy atom. The molecular weight excluding hydrogens is 298 g/mol. The third-order valence-corrected chi connectivity index (χ3v) is 4.79. The summed E-state index contributed by atoms with van der Waals surface area (Å²) in [5.74, 6) is -1.16. The Morgan fingerprint density at radius 1 is 1.05 bits per heavy atom. The first-order chi connectivity index (χ1) is 9.58. The topological polar surface area (TPSA) is 0 Å². The summed E-state index contributed by atoms with van der Waals surface area (Å²) in [5, 5.41) is 2.32. The van der Waals surface area contributed by atoms with E-state index in [1.165, 1.54) is 6.07 Å². The van der Waals surface area contributed by atoms with Crippen molar-refractivity contribution >= 4 is 33.0 Å². The molecule has 1 unspecified atom stereocenters. The van der Waals surface area contributed by atoms with Crippen molar-refractivity contribution < 1.29 is 8.78 Å². The highest BCUT2D eigenvalue weighted by atomic mass is 35.5. The Labute approximate surface area is 124 Å². The lowest BCUT2D eigenvalue weighted by atomic mass is 10.0. The average Bonchev–Trinajstić information content (AvgIpc) is 2.86. The maximum Gasteiger partial charge on any atom is 0.131 e. The lowest BCUT2D eigenvalue weighted by Gasteiger charge is -2.12. The zero-order valence-corrected chi connectivity index (χ0v) is 12.2. The van der Waals surface area contributed by atoms with Gasteiger partial charge in [-0.3, -0.25) is 0 Å². The zero-order valence-electron chi connectivity index (χ0n) is 10.7. The standard InChI is InChI=1S/C16H11ClF2S/c1-9-6-11(14(19)7-13(9)18)16(17)12-8-20-15-5-3-2-4-10(12)15/h2-8,16H,1H3. The SMILES string of the molecule is Cc1cc(C(Cl)c2csc3ccccc23)c(F)cc1F. The van der Waals surface area contributed by atoms with Crippen LogP contribution in [0.5, 0.6) is 0 Å². The predicted molar refractivity (Wildman–Crippen MR) is 80.6 cm³/mol. The zero-order chi connectivity index (χ0) is 14.3. The minimum atomic E-state index is -0.620. The van der Waals surface area contributed by atoms with Crippen LogP contribution in [0.25, 0.3) is 10.1 Å². The van der Waals surface area contributed by atoms with Crippen LogP contribution in [-0.4, -0.2) is 0 Å². The molecular formula is C16H11ClF2S. The minimum absolute atomic E-state index is 0.314. The molecule has 0 N–H and O–H groups in total. The van der Waals surface area contributed by atoms with Gasteiger partial charge in [0, 0.05) is 16.3 Å². The van der Waals surface area contributed by atoms with E-state index < -0.39 is 17.0 Å². The molecule has 0 spiro atoms. The number of aryl methyl sites for hydroxylation is 1. The summed E-state index contributed by atoms with van der Waals surface area (Å²) in [6.07, 6.45) is 0. The summed E-state index contributed by atoms with van der Waals surface area (Å²) in [5.41, 5.74) is 1.57. The average molecular weight is 309 g/mol. The molecule has 20 heavy (non-hydrogen) atoms. The fourth-order valence-electron chi connectivity index (χ4n) is 2.24. The lowest BCUT2D eigenvalue weighted by Crippen LogP contribution is -1.99. The molecule has 0 fully saturated rings. The molecule has 0 radical (unpaired) electrons. The van der Waals surface area contributed by atoms with Gasteiger partial charge in [-0.25, -0.2) is 8.78 Å². The highest BCUT2D eigenvalue weighted by Gasteiger charge is 2.20. The number of hydrogen-bond donors (Lipinski definition) is 0. The highest BCUT2D eigenvalue weighted by Crippen LogP contribution is 2.38. The molecule has 102 valence electrons. The van der Waals surface area contributed by atoms with E-state index in [2.05, 4.69) is 0 Å². The molecule has 0 aliphatic rings. The molecule has 1 aromatic heterocycles. The van der Waals surface area contributed by atoms with Crippen LogP contribution in [0.4, 0.5) is 8.78 Å². The Balaban J connectivity index is 2.13. The van der Waals surface area contributed by atoms with E-state index in [1.54, 1.807) is 18.3 Å². The van der Waals surface area contributed by atoms with E-state index in [-0.39, 0.29) is 0 Å². The first kappa shape index (κ1) is 13.5. The largest absolute Gasteiger partial charge is 0.207 e. The number of benzene rings is 2. The maximum atomic E-state index is 14.0. The van der Waals surface area contributed by atoms with Gasteiger partial charge in [-0.2, -0.15) is 0 Å². The van der Waals surface area contributed by atoms with Crippen molar-refractivity contribution in [3.8, 4) is 0 Å². The van der Waals surface area contributed by atoms with Crippen LogP contribution in [-0.2, 0) is 0 Å². The molecule has 0 saturated heterocycles. The molecule has 0 nitrogen and oxygen atoms in total. The molecule has 3 rings (SSSR count). The maximum absolute atomic E-state index is 14.0. The van der Waals surface area contributed by atoms with Crippen LogP contribution in [0.1, 0.15) is 22.1 Å². The summed E-state index contributed by atoms with van der Waals surface area (Å²) >= 11 is 7.99. The van der Waals surface area contributed by atoms with Gasteiger partial charge in [0.05, 0.1) is 5.38 Å². The molecule has 0 bridgehead atoms. The van der Waals surface area contributed by atoms with E-state index in [4.69, 9.17) is 11.6 Å². The highest BCUT2D eigenvalue weighted by molar-refractivity contribution is 7.17. The Bertz CT molecular complexity index is 779. The minimum Gasteiger partial charge on any atom is -0.207 e. The Hall–Kier alpha value is -1.45. The van der Waals surface area contributed by atoms with Gasteiger partial charge in [-0.1, -0.05) is 18.2 Å². The van der Waals surface area contributed by atoms with Crippen LogP contribution in [0.15, 0.2) is 41.8 Å². The third kappa shape index (κ3) is 2.21. The van der Waals surface area contributed by atoms with E-state index in [1.807, 2.05) is 29.6 Å². The third-order valence-electron chi connectivity index (χ3n) is 3.33.